The van der Waals surface area contributed by atoms with Gasteiger partial charge in [0.05, 0.1) is 7.11 Å². The minimum Gasteiger partial charge on any atom is -0.497 e. The molecule has 1 aliphatic rings. The molecule has 6 heteroatoms. The zero-order chi connectivity index (χ0) is 16.9. The fourth-order valence-corrected chi connectivity index (χ4v) is 3.87. The van der Waals surface area contributed by atoms with Crippen LogP contribution in [0.5, 0.6) is 5.75 Å². The Bertz CT molecular complexity index is 701. The Balaban J connectivity index is 1.62. The van der Waals surface area contributed by atoms with E-state index in [1.807, 2.05) is 16.2 Å². The second-order valence-electron chi connectivity index (χ2n) is 6.03. The number of ether oxygens (including phenoxy) is 1. The predicted molar refractivity (Wildman–Crippen MR) is 95.6 cm³/mol. The van der Waals surface area contributed by atoms with Crippen LogP contribution in [-0.4, -0.2) is 54.0 Å². The number of hydrogen-bond acceptors (Lipinski definition) is 5. The largest absolute Gasteiger partial charge is 0.497 e. The van der Waals surface area contributed by atoms with Crippen molar-refractivity contribution >= 4 is 17.2 Å². The number of rotatable bonds is 4. The van der Waals surface area contributed by atoms with Crippen molar-refractivity contribution in [3.8, 4) is 5.75 Å². The number of aromatic nitrogens is 1. The van der Waals surface area contributed by atoms with Crippen LogP contribution in [0.25, 0.3) is 0 Å². The molecule has 0 bridgehead atoms. The summed E-state index contributed by atoms with van der Waals surface area (Å²) in [7, 11) is 1.60. The molecule has 0 unspecified atom stereocenters. The highest BCUT2D eigenvalue weighted by atomic mass is 32.1. The predicted octanol–water partition coefficient (Wildman–Crippen LogP) is 2.81. The van der Waals surface area contributed by atoms with Crippen LogP contribution in [-0.2, 0) is 6.54 Å². The summed E-state index contributed by atoms with van der Waals surface area (Å²) >= 11 is 1.81. The molecule has 1 aliphatic heterocycles. The molecule has 1 amide bonds. The molecule has 0 atom stereocenters. The van der Waals surface area contributed by atoms with Gasteiger partial charge in [-0.05, 0) is 36.4 Å². The molecular formula is C18H23N3O2S. The lowest BCUT2D eigenvalue weighted by atomic mass is 10.2. The molecule has 2 aromatic rings. The van der Waals surface area contributed by atoms with Crippen molar-refractivity contribution in [1.29, 1.82) is 0 Å². The summed E-state index contributed by atoms with van der Waals surface area (Å²) in [5.41, 5.74) is 1.81. The summed E-state index contributed by atoms with van der Waals surface area (Å²) in [6.07, 6.45) is 2.61. The summed E-state index contributed by atoms with van der Waals surface area (Å²) in [6.45, 7) is 6.57. The van der Waals surface area contributed by atoms with Gasteiger partial charge < -0.3 is 9.64 Å². The molecule has 0 N–H and O–H groups in total. The normalized spacial score (nSPS) is 16.0. The van der Waals surface area contributed by atoms with Crippen LogP contribution >= 0.6 is 11.3 Å². The van der Waals surface area contributed by atoms with Crippen LogP contribution in [0.1, 0.15) is 27.3 Å². The standard InChI is InChI=1S/C18H23N3O2S/c1-14-5-11-24-17(14)13-20-7-3-8-21(10-9-20)18(22)16-12-15(23-2)4-6-19-16/h4-6,11-12H,3,7-10,13H2,1-2H3. The van der Waals surface area contributed by atoms with E-state index >= 15 is 0 Å². The number of thiophene rings is 1. The highest BCUT2D eigenvalue weighted by molar-refractivity contribution is 7.10. The summed E-state index contributed by atoms with van der Waals surface area (Å²) in [5, 5.41) is 2.15. The lowest BCUT2D eigenvalue weighted by Gasteiger charge is -2.21. The molecule has 0 saturated carbocycles. The minimum atomic E-state index is -0.0111. The van der Waals surface area contributed by atoms with Gasteiger partial charge >= 0.3 is 0 Å². The number of nitrogens with zero attached hydrogens (tertiary/aromatic N) is 3. The number of carbonyl (C=O) groups excluding carboxylic acids is 1. The van der Waals surface area contributed by atoms with E-state index in [0.717, 1.165) is 39.1 Å². The van der Waals surface area contributed by atoms with E-state index in [1.54, 1.807) is 25.4 Å². The Kier molecular flexibility index (Phi) is 5.48. The molecule has 0 radical (unpaired) electrons. The van der Waals surface area contributed by atoms with Crippen LogP contribution in [0.3, 0.4) is 0 Å². The number of methoxy groups -OCH3 is 1. The Morgan fingerprint density at radius 2 is 2.17 bits per heavy atom. The van der Waals surface area contributed by atoms with E-state index in [4.69, 9.17) is 4.74 Å². The number of aryl methyl sites for hydroxylation is 1. The number of carbonyl (C=O) groups is 1. The minimum absolute atomic E-state index is 0.0111. The van der Waals surface area contributed by atoms with Gasteiger partial charge in [-0.2, -0.15) is 0 Å². The summed E-state index contributed by atoms with van der Waals surface area (Å²) in [4.78, 5) is 22.7. The first kappa shape index (κ1) is 16.9. The smallest absolute Gasteiger partial charge is 0.272 e. The molecule has 2 aromatic heterocycles. The fourth-order valence-electron chi connectivity index (χ4n) is 2.92. The molecular weight excluding hydrogens is 322 g/mol. The van der Waals surface area contributed by atoms with Gasteiger partial charge in [0.1, 0.15) is 11.4 Å². The molecule has 3 heterocycles. The van der Waals surface area contributed by atoms with E-state index in [9.17, 15) is 4.79 Å². The molecule has 0 aliphatic carbocycles. The van der Waals surface area contributed by atoms with Crippen LogP contribution in [0.15, 0.2) is 29.8 Å². The summed E-state index contributed by atoms with van der Waals surface area (Å²) in [5.74, 6) is 0.654. The lowest BCUT2D eigenvalue weighted by Crippen LogP contribution is -2.35. The quantitative estimate of drug-likeness (QED) is 0.855. The Hall–Kier alpha value is -1.92. The van der Waals surface area contributed by atoms with Gasteiger partial charge in [0.25, 0.3) is 5.91 Å². The van der Waals surface area contributed by atoms with E-state index in [-0.39, 0.29) is 5.91 Å². The summed E-state index contributed by atoms with van der Waals surface area (Å²) in [6, 6.07) is 5.63. The van der Waals surface area contributed by atoms with Gasteiger partial charge in [-0.1, -0.05) is 0 Å². The SMILES string of the molecule is COc1ccnc(C(=O)N2CCCN(Cc3sccc3C)CC2)c1. The molecule has 0 aromatic carbocycles. The van der Waals surface area contributed by atoms with Crippen molar-refractivity contribution in [3.05, 3.63) is 45.9 Å². The fraction of sp³-hybridized carbons (Fsp3) is 0.444. The van der Waals surface area contributed by atoms with Crippen molar-refractivity contribution in [3.63, 3.8) is 0 Å². The van der Waals surface area contributed by atoms with Gasteiger partial charge in [0.2, 0.25) is 0 Å². The Morgan fingerprint density at radius 1 is 1.29 bits per heavy atom. The van der Waals surface area contributed by atoms with Gasteiger partial charge in [-0.3, -0.25) is 14.7 Å². The third-order valence-electron chi connectivity index (χ3n) is 4.40. The highest BCUT2D eigenvalue weighted by Gasteiger charge is 2.22. The second-order valence-corrected chi connectivity index (χ2v) is 7.03. The van der Waals surface area contributed by atoms with E-state index in [2.05, 4.69) is 28.3 Å². The summed E-state index contributed by atoms with van der Waals surface area (Å²) < 4.78 is 5.19. The number of amides is 1. The second kappa shape index (κ2) is 7.77. The first-order valence-corrected chi connectivity index (χ1v) is 9.10. The van der Waals surface area contributed by atoms with Crippen LogP contribution in [0.2, 0.25) is 0 Å². The number of hydrogen-bond donors (Lipinski definition) is 0. The first-order chi connectivity index (χ1) is 11.7. The third-order valence-corrected chi connectivity index (χ3v) is 5.41. The van der Waals surface area contributed by atoms with Crippen molar-refractivity contribution in [2.75, 3.05) is 33.3 Å². The molecule has 128 valence electrons. The van der Waals surface area contributed by atoms with Crippen molar-refractivity contribution in [2.24, 2.45) is 0 Å². The Labute approximate surface area is 146 Å². The molecule has 24 heavy (non-hydrogen) atoms. The van der Waals surface area contributed by atoms with Gasteiger partial charge in [0.15, 0.2) is 0 Å². The topological polar surface area (TPSA) is 45.7 Å². The van der Waals surface area contributed by atoms with Crippen LogP contribution < -0.4 is 4.74 Å². The molecule has 1 saturated heterocycles. The van der Waals surface area contributed by atoms with Crippen LogP contribution in [0.4, 0.5) is 0 Å². The zero-order valence-corrected chi connectivity index (χ0v) is 15.0. The third kappa shape index (κ3) is 3.94. The van der Waals surface area contributed by atoms with Crippen molar-refractivity contribution in [2.45, 2.75) is 19.9 Å². The molecule has 5 nitrogen and oxygen atoms in total. The van der Waals surface area contributed by atoms with Gasteiger partial charge in [0, 0.05) is 49.9 Å². The highest BCUT2D eigenvalue weighted by Crippen LogP contribution is 2.19. The molecule has 1 fully saturated rings. The van der Waals surface area contributed by atoms with E-state index in [1.165, 1.54) is 10.4 Å². The Morgan fingerprint density at radius 3 is 2.92 bits per heavy atom. The molecule has 0 spiro atoms. The average molecular weight is 345 g/mol. The average Bonchev–Trinajstić information content (AvgIpc) is 2.87. The van der Waals surface area contributed by atoms with E-state index < -0.39 is 0 Å². The van der Waals surface area contributed by atoms with E-state index in [0.29, 0.717) is 11.4 Å². The van der Waals surface area contributed by atoms with Gasteiger partial charge in [-0.25, -0.2) is 0 Å². The maximum atomic E-state index is 12.7. The lowest BCUT2D eigenvalue weighted by molar-refractivity contribution is 0.0755. The van der Waals surface area contributed by atoms with Gasteiger partial charge in [-0.15, -0.1) is 11.3 Å². The van der Waals surface area contributed by atoms with Crippen molar-refractivity contribution < 1.29 is 9.53 Å². The maximum Gasteiger partial charge on any atom is 0.272 e. The zero-order valence-electron chi connectivity index (χ0n) is 14.2. The van der Waals surface area contributed by atoms with Crippen LogP contribution in [0, 0.1) is 6.92 Å². The maximum absolute atomic E-state index is 12.7. The first-order valence-electron chi connectivity index (χ1n) is 8.22. The number of pyridine rings is 1. The monoisotopic (exact) mass is 345 g/mol. The molecule has 3 rings (SSSR count). The van der Waals surface area contributed by atoms with Crippen molar-refractivity contribution in [1.82, 2.24) is 14.8 Å².